The molecule has 11 heteroatoms. The van der Waals surface area contributed by atoms with E-state index in [9.17, 15) is 9.59 Å². The van der Waals surface area contributed by atoms with Crippen molar-refractivity contribution in [2.75, 3.05) is 6.61 Å². The number of hydrogen-bond acceptors (Lipinski definition) is 7. The number of carbonyl (C=O) groups is 2. The maximum absolute atomic E-state index is 14.8. The molecule has 2 aromatic carbocycles. The van der Waals surface area contributed by atoms with E-state index in [1.165, 1.54) is 0 Å². The lowest BCUT2D eigenvalue weighted by molar-refractivity contribution is -0.132. The quantitative estimate of drug-likeness (QED) is 0.213. The third-order valence-electron chi connectivity index (χ3n) is 9.24. The molecular formula is C37H50ClN7O3. The number of nitrogens with zero attached hydrogens (tertiary/aromatic N) is 5. The molecule has 48 heavy (non-hydrogen) atoms. The number of rotatable bonds is 11. The average molecular weight is 676 g/mol. The van der Waals surface area contributed by atoms with Gasteiger partial charge in [0.2, 0.25) is 0 Å². The molecule has 1 fully saturated rings. The van der Waals surface area contributed by atoms with E-state index in [0.29, 0.717) is 34.5 Å². The number of aromatic amines is 1. The predicted molar refractivity (Wildman–Crippen MR) is 188 cm³/mol. The van der Waals surface area contributed by atoms with Gasteiger partial charge in [-0.3, -0.25) is 14.6 Å². The van der Waals surface area contributed by atoms with Gasteiger partial charge in [-0.25, -0.2) is 0 Å². The molecule has 1 spiro atoms. The monoisotopic (exact) mass is 675 g/mol. The Labute approximate surface area is 289 Å². The van der Waals surface area contributed by atoms with Crippen LogP contribution in [-0.2, 0) is 11.3 Å². The van der Waals surface area contributed by atoms with Crippen LogP contribution < -0.4 is 10.1 Å². The summed E-state index contributed by atoms with van der Waals surface area (Å²) in [6, 6.07) is 13.0. The Kier molecular flexibility index (Phi) is 10.9. The molecule has 3 aromatic rings. The van der Waals surface area contributed by atoms with Gasteiger partial charge in [0.05, 0.1) is 24.2 Å². The third kappa shape index (κ3) is 8.81. The minimum absolute atomic E-state index is 0.0613. The molecule has 5 rings (SSSR count). The summed E-state index contributed by atoms with van der Waals surface area (Å²) >= 11 is 6.58. The van der Waals surface area contributed by atoms with Crippen molar-refractivity contribution in [3.63, 3.8) is 0 Å². The summed E-state index contributed by atoms with van der Waals surface area (Å²) in [5.41, 5.74) is 2.25. The van der Waals surface area contributed by atoms with Crippen LogP contribution in [0.4, 0.5) is 0 Å². The highest BCUT2D eigenvalue weighted by Gasteiger charge is 2.50. The first-order valence-corrected chi connectivity index (χ1v) is 17.6. The van der Waals surface area contributed by atoms with Crippen LogP contribution in [-0.4, -0.2) is 55.3 Å². The van der Waals surface area contributed by atoms with E-state index in [-0.39, 0.29) is 35.2 Å². The summed E-state index contributed by atoms with van der Waals surface area (Å²) in [5.74, 6) is 0.674. The van der Waals surface area contributed by atoms with Crippen molar-refractivity contribution in [2.24, 2.45) is 15.8 Å². The number of aliphatic imine (C=N–C) groups is 1. The summed E-state index contributed by atoms with van der Waals surface area (Å²) in [5, 5.41) is 17.1. The summed E-state index contributed by atoms with van der Waals surface area (Å²) in [7, 11) is 0. The lowest BCUT2D eigenvalue weighted by atomic mass is 9.85. The number of amides is 2. The minimum Gasteiger partial charge on any atom is -0.492 e. The molecular weight excluding hydrogens is 626 g/mol. The van der Waals surface area contributed by atoms with E-state index in [1.54, 1.807) is 6.07 Å². The molecule has 2 N–H and O–H groups in total. The van der Waals surface area contributed by atoms with E-state index in [1.807, 2.05) is 36.4 Å². The van der Waals surface area contributed by atoms with Crippen LogP contribution in [0.15, 0.2) is 47.5 Å². The van der Waals surface area contributed by atoms with Crippen LogP contribution in [0.3, 0.4) is 0 Å². The summed E-state index contributed by atoms with van der Waals surface area (Å²) in [6.45, 7) is 13.9. The Balaban J connectivity index is 1.47. The van der Waals surface area contributed by atoms with Gasteiger partial charge >= 0.3 is 0 Å². The molecule has 1 aliphatic carbocycles. The molecule has 0 saturated heterocycles. The van der Waals surface area contributed by atoms with Crippen molar-refractivity contribution >= 4 is 29.1 Å². The van der Waals surface area contributed by atoms with Crippen molar-refractivity contribution in [3.05, 3.63) is 70.0 Å². The lowest BCUT2D eigenvalue weighted by Crippen LogP contribution is -2.49. The maximum Gasteiger partial charge on any atom is 0.275 e. The molecule has 2 amide bonds. The first-order valence-electron chi connectivity index (χ1n) is 17.2. The van der Waals surface area contributed by atoms with E-state index in [2.05, 4.69) is 72.4 Å². The Morgan fingerprint density at radius 2 is 1.69 bits per heavy atom. The molecule has 1 aliphatic heterocycles. The highest BCUT2D eigenvalue weighted by Crippen LogP contribution is 2.46. The van der Waals surface area contributed by atoms with Crippen molar-refractivity contribution in [1.29, 1.82) is 0 Å². The van der Waals surface area contributed by atoms with Crippen molar-refractivity contribution < 1.29 is 14.3 Å². The van der Waals surface area contributed by atoms with Crippen molar-refractivity contribution in [2.45, 2.75) is 118 Å². The zero-order chi connectivity index (χ0) is 34.5. The Morgan fingerprint density at radius 1 is 1.00 bits per heavy atom. The molecule has 10 nitrogen and oxygen atoms in total. The minimum atomic E-state index is -0.640. The molecule has 258 valence electrons. The number of nitrogens with one attached hydrogen (secondary N) is 2. The fourth-order valence-electron chi connectivity index (χ4n) is 6.50. The second-order valence-corrected chi connectivity index (χ2v) is 16.0. The number of H-pyrrole nitrogens is 1. The fraction of sp³-hybridized carbons (Fsp3) is 0.568. The highest BCUT2D eigenvalue weighted by molar-refractivity contribution is 6.47. The largest absolute Gasteiger partial charge is 0.492 e. The smallest absolute Gasteiger partial charge is 0.275 e. The number of hydrogen-bond donors (Lipinski definition) is 2. The number of aromatic nitrogens is 4. The molecule has 0 bridgehead atoms. The number of tetrazole rings is 1. The van der Waals surface area contributed by atoms with Gasteiger partial charge in [0.15, 0.2) is 5.82 Å². The van der Waals surface area contributed by atoms with Gasteiger partial charge in [0, 0.05) is 11.1 Å². The van der Waals surface area contributed by atoms with Gasteiger partial charge < -0.3 is 15.0 Å². The fourth-order valence-corrected chi connectivity index (χ4v) is 6.67. The first-order chi connectivity index (χ1) is 22.7. The second kappa shape index (κ2) is 14.8. The Bertz CT molecular complexity index is 1580. The highest BCUT2D eigenvalue weighted by atomic mass is 35.5. The van der Waals surface area contributed by atoms with Gasteiger partial charge in [0.25, 0.3) is 11.8 Å². The van der Waals surface area contributed by atoms with Crippen LogP contribution in [0.1, 0.15) is 133 Å². The van der Waals surface area contributed by atoms with Gasteiger partial charge in [-0.15, -0.1) is 10.2 Å². The second-order valence-electron chi connectivity index (χ2n) is 15.6. The zero-order valence-electron chi connectivity index (χ0n) is 29.2. The normalized spacial score (nSPS) is 17.3. The summed E-state index contributed by atoms with van der Waals surface area (Å²) in [4.78, 5) is 35.2. The van der Waals surface area contributed by atoms with Crippen LogP contribution in [0.5, 0.6) is 5.75 Å². The number of halogens is 1. The van der Waals surface area contributed by atoms with Crippen LogP contribution in [0.25, 0.3) is 0 Å². The molecule has 1 saturated carbocycles. The van der Waals surface area contributed by atoms with Gasteiger partial charge in [0.1, 0.15) is 17.1 Å². The van der Waals surface area contributed by atoms with E-state index < -0.39 is 5.66 Å². The average Bonchev–Trinajstić information content (AvgIpc) is 3.57. The Morgan fingerprint density at radius 3 is 2.31 bits per heavy atom. The van der Waals surface area contributed by atoms with Gasteiger partial charge in [-0.1, -0.05) is 89.4 Å². The van der Waals surface area contributed by atoms with E-state index >= 15 is 0 Å². The topological polar surface area (TPSA) is 125 Å². The van der Waals surface area contributed by atoms with Gasteiger partial charge in [-0.2, -0.15) is 5.21 Å². The maximum atomic E-state index is 14.8. The predicted octanol–water partition coefficient (Wildman–Crippen LogP) is 7.85. The Hall–Kier alpha value is -3.79. The molecule has 1 aromatic heterocycles. The van der Waals surface area contributed by atoms with E-state index in [0.717, 1.165) is 68.9 Å². The van der Waals surface area contributed by atoms with Crippen molar-refractivity contribution in [1.82, 2.24) is 30.8 Å². The number of benzene rings is 2. The van der Waals surface area contributed by atoms with Crippen molar-refractivity contribution in [3.8, 4) is 5.75 Å². The first kappa shape index (κ1) is 35.5. The van der Waals surface area contributed by atoms with Gasteiger partial charge in [-0.05, 0) is 85.6 Å². The lowest BCUT2D eigenvalue weighted by Gasteiger charge is -2.42. The van der Waals surface area contributed by atoms with E-state index in [4.69, 9.17) is 21.3 Å². The van der Waals surface area contributed by atoms with Crippen LogP contribution >= 0.6 is 11.6 Å². The zero-order valence-corrected chi connectivity index (χ0v) is 30.0. The summed E-state index contributed by atoms with van der Waals surface area (Å²) < 4.78 is 6.14. The number of ether oxygens (including phenoxy) is 1. The molecule has 0 radical (unpaired) electrons. The molecule has 0 unspecified atom stereocenters. The third-order valence-corrected chi connectivity index (χ3v) is 9.55. The van der Waals surface area contributed by atoms with Crippen LogP contribution in [0.2, 0.25) is 5.02 Å². The SMILES string of the molecule is CC(C)(C)CCOc1cc(C2=NC3(CCCCCC3)N([C@H](CCC(C)(C)C)c3ccc(C(=O)NCc4nn[nH]n4)cc3)C2=O)ccc1Cl. The summed E-state index contributed by atoms with van der Waals surface area (Å²) in [6.07, 6.45) is 8.45. The molecule has 2 aliphatic rings. The molecule has 1 atom stereocenters. The standard InChI is InChI=1S/C37H50ClN7O3/c1-35(2,3)20-17-29(25-11-13-26(14-12-25)33(46)39-24-31-41-43-44-42-31)45-34(47)32(40-37(45)18-9-7-8-10-19-37)27-15-16-28(38)30(23-27)48-22-21-36(4,5)6/h11-16,23,29H,7-10,17-22,24H2,1-6H3,(H,39,46)(H,41,42,43,44)/t29-/m1/s1. The molecule has 2 heterocycles. The number of carbonyl (C=O) groups excluding carboxylic acids is 2. The van der Waals surface area contributed by atoms with Crippen LogP contribution in [0, 0.1) is 10.8 Å².